The zero-order valence-electron chi connectivity index (χ0n) is 14.9. The minimum Gasteiger partial charge on any atom is -0.352 e. The van der Waals surface area contributed by atoms with Crippen LogP contribution in [0.4, 0.5) is 27.8 Å². The van der Waals surface area contributed by atoms with Crippen molar-refractivity contribution in [2.24, 2.45) is 0 Å². The van der Waals surface area contributed by atoms with Gasteiger partial charge in [0.05, 0.1) is 6.42 Å². The molecule has 1 aromatic carbocycles. The average Bonchev–Trinajstić information content (AvgIpc) is 2.74. The van der Waals surface area contributed by atoms with E-state index in [0.717, 1.165) is 11.0 Å². The Bertz CT molecular complexity index is 1000. The Balaban J connectivity index is 1.70. The normalized spacial score (nSPS) is 14.2. The molecule has 29 heavy (non-hydrogen) atoms. The molecule has 1 aromatic heterocycles. The van der Waals surface area contributed by atoms with Crippen molar-refractivity contribution in [3.63, 3.8) is 0 Å². The summed E-state index contributed by atoms with van der Waals surface area (Å²) in [5.74, 6) is -10.8. The Hall–Kier alpha value is -3.31. The number of rotatable bonds is 4. The Morgan fingerprint density at radius 3 is 2.07 bits per heavy atom. The number of carbonyl (C=O) groups is 1. The minimum absolute atomic E-state index is 0.0142. The van der Waals surface area contributed by atoms with Crippen LogP contribution in [0.5, 0.6) is 0 Å². The van der Waals surface area contributed by atoms with Crippen molar-refractivity contribution in [2.75, 3.05) is 31.1 Å². The quantitative estimate of drug-likeness (QED) is 0.261. The van der Waals surface area contributed by atoms with Crippen molar-refractivity contribution in [1.82, 2.24) is 14.7 Å². The summed E-state index contributed by atoms with van der Waals surface area (Å²) in [5.41, 5.74) is -1.14. The van der Waals surface area contributed by atoms with Gasteiger partial charge in [0.1, 0.15) is 17.6 Å². The Labute approximate surface area is 161 Å². The van der Waals surface area contributed by atoms with Crippen molar-refractivity contribution in [2.45, 2.75) is 6.42 Å². The molecule has 0 saturated carbocycles. The number of aromatic nitrogens is 2. The first-order valence-corrected chi connectivity index (χ1v) is 8.42. The zero-order valence-corrected chi connectivity index (χ0v) is 14.9. The maximum atomic E-state index is 13.8. The van der Waals surface area contributed by atoms with E-state index >= 15 is 0 Å². The lowest BCUT2D eigenvalue weighted by Gasteiger charge is -2.35. The lowest BCUT2D eigenvalue weighted by molar-refractivity contribution is -0.130. The highest BCUT2D eigenvalue weighted by atomic mass is 19.2. The Morgan fingerprint density at radius 1 is 0.966 bits per heavy atom. The van der Waals surface area contributed by atoms with Gasteiger partial charge in [0.2, 0.25) is 11.7 Å². The summed E-state index contributed by atoms with van der Waals surface area (Å²) in [7, 11) is 0. The number of piperazine rings is 1. The molecule has 1 aliphatic rings. The monoisotopic (exact) mass is 414 g/mol. The summed E-state index contributed by atoms with van der Waals surface area (Å²) in [4.78, 5) is 15.4. The van der Waals surface area contributed by atoms with E-state index in [9.17, 15) is 26.7 Å². The predicted molar refractivity (Wildman–Crippen MR) is 91.0 cm³/mol. The SMILES string of the molecule is N=Cn1nc(N2CCN(C(=O)Cc3c(F)c(F)c(F)c(F)c3F)CC2)ccc1=N. The summed E-state index contributed by atoms with van der Waals surface area (Å²) < 4.78 is 68.3. The third-order valence-electron chi connectivity index (χ3n) is 4.55. The second-order valence-corrected chi connectivity index (χ2v) is 6.24. The summed E-state index contributed by atoms with van der Waals surface area (Å²) in [6.07, 6.45) is -0.0823. The van der Waals surface area contributed by atoms with Crippen LogP contribution in [0.25, 0.3) is 0 Å². The van der Waals surface area contributed by atoms with Crippen LogP contribution < -0.4 is 10.4 Å². The summed E-state index contributed by atoms with van der Waals surface area (Å²) >= 11 is 0. The standard InChI is InChI=1S/C17H15F5N6O/c18-13-9(14(19)16(21)17(22)15(13)20)7-12(29)27-5-3-26(4-6-27)11-2-1-10(24)28(8-23)25-11/h1-2,8,23-24H,3-7H2. The van der Waals surface area contributed by atoms with Gasteiger partial charge in [-0.05, 0) is 12.1 Å². The van der Waals surface area contributed by atoms with E-state index in [4.69, 9.17) is 10.8 Å². The predicted octanol–water partition coefficient (Wildman–Crippen LogP) is 1.40. The third kappa shape index (κ3) is 3.82. The van der Waals surface area contributed by atoms with Gasteiger partial charge in [0, 0.05) is 31.7 Å². The number of carbonyl (C=O) groups excluding carboxylic acids is 1. The van der Waals surface area contributed by atoms with Gasteiger partial charge in [-0.2, -0.15) is 0 Å². The molecule has 0 atom stereocenters. The van der Waals surface area contributed by atoms with Gasteiger partial charge in [0.15, 0.2) is 23.3 Å². The molecule has 0 radical (unpaired) electrons. The number of benzene rings is 1. The third-order valence-corrected chi connectivity index (χ3v) is 4.55. The van der Waals surface area contributed by atoms with Gasteiger partial charge in [-0.25, -0.2) is 26.6 Å². The lowest BCUT2D eigenvalue weighted by Crippen LogP contribution is -2.49. The van der Waals surface area contributed by atoms with Gasteiger partial charge in [-0.3, -0.25) is 15.6 Å². The molecule has 1 aliphatic heterocycles. The average molecular weight is 414 g/mol. The van der Waals surface area contributed by atoms with E-state index < -0.39 is 47.0 Å². The molecule has 0 bridgehead atoms. The van der Waals surface area contributed by atoms with E-state index in [-0.39, 0.29) is 18.6 Å². The summed E-state index contributed by atoms with van der Waals surface area (Å²) in [6, 6.07) is 3.03. The van der Waals surface area contributed by atoms with E-state index in [1.807, 2.05) is 0 Å². The van der Waals surface area contributed by atoms with Crippen molar-refractivity contribution >= 4 is 18.1 Å². The number of nitrogens with one attached hydrogen (secondary N) is 2. The second kappa shape index (κ2) is 7.97. The largest absolute Gasteiger partial charge is 0.352 e. The molecular formula is C17H15F5N6O. The number of amides is 1. The van der Waals surface area contributed by atoms with E-state index in [1.165, 1.54) is 11.0 Å². The molecule has 1 amide bonds. The molecule has 1 fully saturated rings. The molecule has 2 aromatic rings. The minimum atomic E-state index is -2.27. The van der Waals surface area contributed by atoms with Crippen molar-refractivity contribution < 1.29 is 26.7 Å². The van der Waals surface area contributed by atoms with Gasteiger partial charge in [0.25, 0.3) is 0 Å². The highest BCUT2D eigenvalue weighted by Crippen LogP contribution is 2.24. The van der Waals surface area contributed by atoms with Gasteiger partial charge in [-0.1, -0.05) is 0 Å². The van der Waals surface area contributed by atoms with E-state index in [2.05, 4.69) is 5.10 Å². The molecule has 154 valence electrons. The number of anilines is 1. The van der Waals surface area contributed by atoms with Gasteiger partial charge >= 0.3 is 0 Å². The molecule has 1 saturated heterocycles. The van der Waals surface area contributed by atoms with Crippen LogP contribution in [0.3, 0.4) is 0 Å². The molecular weight excluding hydrogens is 399 g/mol. The maximum Gasteiger partial charge on any atom is 0.227 e. The molecule has 2 heterocycles. The lowest BCUT2D eigenvalue weighted by atomic mass is 10.1. The molecule has 0 unspecified atom stereocenters. The first kappa shape index (κ1) is 20.4. The van der Waals surface area contributed by atoms with E-state index in [1.54, 1.807) is 11.0 Å². The fourth-order valence-corrected chi connectivity index (χ4v) is 2.95. The maximum absolute atomic E-state index is 13.8. The summed E-state index contributed by atoms with van der Waals surface area (Å²) in [6.45, 7) is 0.878. The number of hydrogen-bond donors (Lipinski definition) is 2. The summed E-state index contributed by atoms with van der Waals surface area (Å²) in [5, 5.41) is 18.9. The fourth-order valence-electron chi connectivity index (χ4n) is 2.95. The molecule has 2 N–H and O–H groups in total. The first-order valence-electron chi connectivity index (χ1n) is 8.42. The van der Waals surface area contributed by atoms with Crippen molar-refractivity contribution in [1.29, 1.82) is 10.8 Å². The van der Waals surface area contributed by atoms with Crippen LogP contribution in [0, 0.1) is 39.9 Å². The van der Waals surface area contributed by atoms with E-state index in [0.29, 0.717) is 18.9 Å². The highest BCUT2D eigenvalue weighted by molar-refractivity contribution is 5.79. The van der Waals surface area contributed by atoms with Crippen molar-refractivity contribution in [3.05, 3.63) is 52.3 Å². The van der Waals surface area contributed by atoms with Crippen LogP contribution in [-0.2, 0) is 11.2 Å². The van der Waals surface area contributed by atoms with Crippen LogP contribution in [-0.4, -0.2) is 53.1 Å². The fraction of sp³-hybridized carbons (Fsp3) is 0.294. The van der Waals surface area contributed by atoms with Crippen LogP contribution in [0.1, 0.15) is 5.56 Å². The number of halogens is 5. The smallest absolute Gasteiger partial charge is 0.227 e. The molecule has 0 spiro atoms. The van der Waals surface area contributed by atoms with Gasteiger partial charge < -0.3 is 9.80 Å². The second-order valence-electron chi connectivity index (χ2n) is 6.24. The number of nitrogens with zero attached hydrogens (tertiary/aromatic N) is 4. The molecule has 7 nitrogen and oxygen atoms in total. The van der Waals surface area contributed by atoms with Crippen LogP contribution in [0.2, 0.25) is 0 Å². The zero-order chi connectivity index (χ0) is 21.3. The first-order chi connectivity index (χ1) is 13.7. The van der Waals surface area contributed by atoms with Crippen LogP contribution in [0.15, 0.2) is 12.1 Å². The molecule has 3 rings (SSSR count). The van der Waals surface area contributed by atoms with Gasteiger partial charge in [-0.15, -0.1) is 5.10 Å². The van der Waals surface area contributed by atoms with Crippen molar-refractivity contribution in [3.8, 4) is 0 Å². The van der Waals surface area contributed by atoms with Crippen LogP contribution >= 0.6 is 0 Å². The number of hydrogen-bond acceptors (Lipinski definition) is 5. The Morgan fingerprint density at radius 2 is 1.52 bits per heavy atom. The molecule has 0 aliphatic carbocycles. The molecule has 12 heteroatoms. The highest BCUT2D eigenvalue weighted by Gasteiger charge is 2.29. The topological polar surface area (TPSA) is 89.1 Å². The Kier molecular flexibility index (Phi) is 5.62.